The van der Waals surface area contributed by atoms with Crippen molar-refractivity contribution in [1.82, 2.24) is 4.98 Å². The van der Waals surface area contributed by atoms with Crippen LogP contribution in [0.4, 0.5) is 10.1 Å². The number of nitrogens with zero attached hydrogens (tertiary/aromatic N) is 2. The molecule has 1 heterocycles. The van der Waals surface area contributed by atoms with Crippen LogP contribution in [0.1, 0.15) is 0 Å². The number of rotatable bonds is 2. The molecule has 0 aliphatic heterocycles. The molecular formula is C13H7FN2O3. The van der Waals surface area contributed by atoms with Gasteiger partial charge in [-0.05, 0) is 12.1 Å². The number of halogens is 1. The molecule has 0 amide bonds. The second-order valence-corrected chi connectivity index (χ2v) is 3.91. The van der Waals surface area contributed by atoms with Crippen molar-refractivity contribution in [3.05, 3.63) is 58.4 Å². The van der Waals surface area contributed by atoms with Crippen LogP contribution in [0.25, 0.3) is 22.6 Å². The van der Waals surface area contributed by atoms with Crippen LogP contribution in [0.5, 0.6) is 0 Å². The first-order valence-corrected chi connectivity index (χ1v) is 5.45. The van der Waals surface area contributed by atoms with Gasteiger partial charge in [0.15, 0.2) is 5.58 Å². The maximum atomic E-state index is 13.5. The molecule has 0 fully saturated rings. The van der Waals surface area contributed by atoms with Crippen LogP contribution in [0.3, 0.4) is 0 Å². The number of hydrogen-bond acceptors (Lipinski definition) is 4. The van der Waals surface area contributed by atoms with E-state index in [9.17, 15) is 14.5 Å². The topological polar surface area (TPSA) is 69.2 Å². The first-order valence-electron chi connectivity index (χ1n) is 5.45. The molecule has 0 aliphatic rings. The van der Waals surface area contributed by atoms with E-state index < -0.39 is 16.4 Å². The van der Waals surface area contributed by atoms with Gasteiger partial charge in [-0.1, -0.05) is 18.2 Å². The molecule has 0 bridgehead atoms. The van der Waals surface area contributed by atoms with E-state index in [1.165, 1.54) is 0 Å². The molecule has 1 aromatic heterocycles. The fourth-order valence-corrected chi connectivity index (χ4v) is 1.78. The lowest BCUT2D eigenvalue weighted by atomic mass is 10.2. The van der Waals surface area contributed by atoms with E-state index in [4.69, 9.17) is 4.42 Å². The van der Waals surface area contributed by atoms with E-state index in [0.717, 1.165) is 17.7 Å². The van der Waals surface area contributed by atoms with Gasteiger partial charge in [0.1, 0.15) is 5.52 Å². The number of oxazole rings is 1. The Bertz CT molecular complexity index is 768. The molecule has 3 aromatic rings. The van der Waals surface area contributed by atoms with Gasteiger partial charge in [0.25, 0.3) is 0 Å². The summed E-state index contributed by atoms with van der Waals surface area (Å²) in [4.78, 5) is 14.0. The summed E-state index contributed by atoms with van der Waals surface area (Å²) in [5.41, 5.74) is 0.541. The second kappa shape index (κ2) is 4.16. The molecule has 0 radical (unpaired) electrons. The molecule has 2 aromatic carbocycles. The Labute approximate surface area is 106 Å². The minimum atomic E-state index is -0.926. The summed E-state index contributed by atoms with van der Waals surface area (Å²) < 4.78 is 18.9. The Morgan fingerprint density at radius 1 is 1.21 bits per heavy atom. The highest BCUT2D eigenvalue weighted by atomic mass is 19.1. The molecule has 0 aliphatic carbocycles. The van der Waals surface area contributed by atoms with Crippen molar-refractivity contribution in [3.8, 4) is 11.5 Å². The van der Waals surface area contributed by atoms with Gasteiger partial charge in [-0.15, -0.1) is 0 Å². The molecule has 0 spiro atoms. The van der Waals surface area contributed by atoms with Gasteiger partial charge in [-0.25, -0.2) is 4.98 Å². The van der Waals surface area contributed by atoms with Crippen LogP contribution >= 0.6 is 0 Å². The highest BCUT2D eigenvalue weighted by molar-refractivity contribution is 5.78. The van der Waals surface area contributed by atoms with Crippen molar-refractivity contribution in [2.75, 3.05) is 0 Å². The minimum absolute atomic E-state index is 0.187. The Balaban J connectivity index is 2.19. The molecular weight excluding hydrogens is 251 g/mol. The molecule has 3 rings (SSSR count). The molecule has 19 heavy (non-hydrogen) atoms. The average Bonchev–Trinajstić information content (AvgIpc) is 2.81. The largest absolute Gasteiger partial charge is 0.436 e. The monoisotopic (exact) mass is 258 g/mol. The van der Waals surface area contributed by atoms with Gasteiger partial charge in [-0.3, -0.25) is 10.1 Å². The maximum Gasteiger partial charge on any atom is 0.308 e. The maximum absolute atomic E-state index is 13.5. The van der Waals surface area contributed by atoms with E-state index in [2.05, 4.69) is 4.98 Å². The van der Waals surface area contributed by atoms with Crippen molar-refractivity contribution < 1.29 is 13.7 Å². The normalized spacial score (nSPS) is 10.8. The van der Waals surface area contributed by atoms with Gasteiger partial charge < -0.3 is 4.42 Å². The Morgan fingerprint density at radius 3 is 2.63 bits per heavy atom. The van der Waals surface area contributed by atoms with Crippen LogP contribution in [-0.2, 0) is 0 Å². The number of nitro benzene ring substituents is 1. The predicted octanol–water partition coefficient (Wildman–Crippen LogP) is 3.54. The zero-order chi connectivity index (χ0) is 13.4. The van der Waals surface area contributed by atoms with Gasteiger partial charge in [-0.2, -0.15) is 4.39 Å². The lowest BCUT2D eigenvalue weighted by molar-refractivity contribution is -0.387. The summed E-state index contributed by atoms with van der Waals surface area (Å²) in [6.07, 6.45) is 0. The van der Waals surface area contributed by atoms with Gasteiger partial charge in [0.05, 0.1) is 11.0 Å². The minimum Gasteiger partial charge on any atom is -0.436 e. The molecule has 0 saturated heterocycles. The van der Waals surface area contributed by atoms with E-state index in [0.29, 0.717) is 5.89 Å². The SMILES string of the molecule is O=[N+]([O-])c1cc2oc(-c3ccccc3)nc2cc1F. The third-order valence-electron chi connectivity index (χ3n) is 2.67. The summed E-state index contributed by atoms with van der Waals surface area (Å²) in [5.74, 6) is -0.624. The molecule has 94 valence electrons. The van der Waals surface area contributed by atoms with Crippen molar-refractivity contribution in [1.29, 1.82) is 0 Å². The fourth-order valence-electron chi connectivity index (χ4n) is 1.78. The molecule has 0 unspecified atom stereocenters. The van der Waals surface area contributed by atoms with Crippen molar-refractivity contribution in [2.24, 2.45) is 0 Å². The molecule has 0 atom stereocenters. The average molecular weight is 258 g/mol. The van der Waals surface area contributed by atoms with Crippen LogP contribution in [0, 0.1) is 15.9 Å². The summed E-state index contributed by atoms with van der Waals surface area (Å²) in [6, 6.07) is 11.1. The third-order valence-corrected chi connectivity index (χ3v) is 2.67. The zero-order valence-corrected chi connectivity index (χ0v) is 9.54. The summed E-state index contributed by atoms with van der Waals surface area (Å²) in [7, 11) is 0. The van der Waals surface area contributed by atoms with Gasteiger partial charge >= 0.3 is 5.69 Å². The number of nitro groups is 1. The standard InChI is InChI=1S/C13H7FN2O3/c14-9-6-10-12(7-11(9)16(17)18)19-13(15-10)8-4-2-1-3-5-8/h1-7H. The summed E-state index contributed by atoms with van der Waals surface area (Å²) in [5, 5.41) is 10.6. The first-order chi connectivity index (χ1) is 9.15. The lowest BCUT2D eigenvalue weighted by Crippen LogP contribution is -1.91. The van der Waals surface area contributed by atoms with Crippen LogP contribution in [-0.4, -0.2) is 9.91 Å². The Kier molecular flexibility index (Phi) is 2.49. The highest BCUT2D eigenvalue weighted by Gasteiger charge is 2.18. The Morgan fingerprint density at radius 2 is 1.95 bits per heavy atom. The van der Waals surface area contributed by atoms with E-state index >= 15 is 0 Å². The zero-order valence-electron chi connectivity index (χ0n) is 9.54. The smallest absolute Gasteiger partial charge is 0.308 e. The van der Waals surface area contributed by atoms with Crippen LogP contribution in [0.2, 0.25) is 0 Å². The quantitative estimate of drug-likeness (QED) is 0.520. The van der Waals surface area contributed by atoms with E-state index in [1.54, 1.807) is 12.1 Å². The molecule has 6 heteroatoms. The number of benzene rings is 2. The first kappa shape index (κ1) is 11.3. The van der Waals surface area contributed by atoms with E-state index in [1.807, 2.05) is 18.2 Å². The number of fused-ring (bicyclic) bond motifs is 1. The summed E-state index contributed by atoms with van der Waals surface area (Å²) >= 11 is 0. The predicted molar refractivity (Wildman–Crippen MR) is 66.1 cm³/mol. The van der Waals surface area contributed by atoms with Crippen LogP contribution < -0.4 is 0 Å². The van der Waals surface area contributed by atoms with Gasteiger partial charge in [0, 0.05) is 11.6 Å². The number of aromatic nitrogens is 1. The fraction of sp³-hybridized carbons (Fsp3) is 0. The van der Waals surface area contributed by atoms with Crippen molar-refractivity contribution >= 4 is 16.8 Å². The van der Waals surface area contributed by atoms with Crippen LogP contribution in [0.15, 0.2) is 46.9 Å². The molecule has 0 saturated carbocycles. The Hall–Kier alpha value is -2.76. The lowest BCUT2D eigenvalue weighted by Gasteiger charge is -1.92. The molecule has 5 nitrogen and oxygen atoms in total. The second-order valence-electron chi connectivity index (χ2n) is 3.91. The number of hydrogen-bond donors (Lipinski definition) is 0. The third kappa shape index (κ3) is 1.93. The van der Waals surface area contributed by atoms with E-state index in [-0.39, 0.29) is 11.1 Å². The van der Waals surface area contributed by atoms with Crippen molar-refractivity contribution in [2.45, 2.75) is 0 Å². The summed E-state index contributed by atoms with van der Waals surface area (Å²) in [6.45, 7) is 0. The molecule has 0 N–H and O–H groups in total. The highest BCUT2D eigenvalue weighted by Crippen LogP contribution is 2.28. The van der Waals surface area contributed by atoms with Gasteiger partial charge in [0.2, 0.25) is 11.7 Å². The van der Waals surface area contributed by atoms with Crippen molar-refractivity contribution in [3.63, 3.8) is 0 Å².